The Hall–Kier alpha value is -0.810. The third kappa shape index (κ3) is 4.46. The van der Waals surface area contributed by atoms with Crippen LogP contribution >= 0.6 is 0 Å². The predicted octanol–water partition coefficient (Wildman–Crippen LogP) is 0.552. The molecule has 18 heavy (non-hydrogen) atoms. The lowest BCUT2D eigenvalue weighted by molar-refractivity contribution is -0.0259. The van der Waals surface area contributed by atoms with Crippen LogP contribution in [0, 0.1) is 0 Å². The molecule has 1 saturated carbocycles. The molecule has 5 nitrogen and oxygen atoms in total. The summed E-state index contributed by atoms with van der Waals surface area (Å²) >= 11 is 0. The summed E-state index contributed by atoms with van der Waals surface area (Å²) in [6.45, 7) is 9.75. The van der Waals surface area contributed by atoms with E-state index in [1.54, 1.807) is 0 Å². The van der Waals surface area contributed by atoms with Gasteiger partial charge in [0.05, 0.1) is 19.3 Å². The maximum atomic E-state index is 5.85. The lowest BCUT2D eigenvalue weighted by atomic mass is 10.1. The van der Waals surface area contributed by atoms with Crippen molar-refractivity contribution in [3.63, 3.8) is 0 Å². The van der Waals surface area contributed by atoms with E-state index in [9.17, 15) is 0 Å². The number of hydrogen-bond acceptors (Lipinski definition) is 3. The van der Waals surface area contributed by atoms with Crippen LogP contribution in [0.25, 0.3) is 0 Å². The number of rotatable bonds is 3. The lowest BCUT2D eigenvalue weighted by Crippen LogP contribution is -2.47. The average molecular weight is 254 g/mol. The summed E-state index contributed by atoms with van der Waals surface area (Å²) in [5, 5.41) is 3.16. The molecule has 1 unspecified atom stereocenters. The SMILES string of the molecule is CC(C)(C)NC(N)=NCC1CN(C2CC2)CCO1. The normalized spacial score (nSPS) is 27.3. The third-order valence-electron chi connectivity index (χ3n) is 3.20. The minimum absolute atomic E-state index is 0.0406. The van der Waals surface area contributed by atoms with Gasteiger partial charge in [-0.25, -0.2) is 0 Å². The van der Waals surface area contributed by atoms with Gasteiger partial charge in [-0.3, -0.25) is 9.89 Å². The standard InChI is InChI=1S/C13H26N4O/c1-13(2,3)16-12(14)15-8-11-9-17(6-7-18-11)10-4-5-10/h10-11H,4-9H2,1-3H3,(H3,14,15,16). The van der Waals surface area contributed by atoms with E-state index < -0.39 is 0 Å². The fourth-order valence-corrected chi connectivity index (χ4v) is 2.25. The first-order chi connectivity index (χ1) is 8.44. The van der Waals surface area contributed by atoms with Crippen LogP contribution in [0.15, 0.2) is 4.99 Å². The largest absolute Gasteiger partial charge is 0.374 e. The molecule has 0 radical (unpaired) electrons. The van der Waals surface area contributed by atoms with Crippen molar-refractivity contribution in [3.05, 3.63) is 0 Å². The predicted molar refractivity (Wildman–Crippen MR) is 73.7 cm³/mol. The summed E-state index contributed by atoms with van der Waals surface area (Å²) in [4.78, 5) is 6.90. The number of hydrogen-bond donors (Lipinski definition) is 2. The molecule has 5 heteroatoms. The first-order valence-corrected chi connectivity index (χ1v) is 6.88. The Balaban J connectivity index is 1.76. The van der Waals surface area contributed by atoms with Crippen molar-refractivity contribution in [2.24, 2.45) is 10.7 Å². The number of morpholine rings is 1. The molecule has 0 aromatic rings. The molecule has 1 aliphatic carbocycles. The topological polar surface area (TPSA) is 62.9 Å². The van der Waals surface area contributed by atoms with E-state index in [4.69, 9.17) is 10.5 Å². The molecule has 0 aromatic carbocycles. The van der Waals surface area contributed by atoms with Gasteiger partial charge in [0, 0.05) is 24.7 Å². The van der Waals surface area contributed by atoms with Gasteiger partial charge in [0.25, 0.3) is 0 Å². The summed E-state index contributed by atoms with van der Waals surface area (Å²) < 4.78 is 5.73. The Kier molecular flexibility index (Phi) is 4.12. The maximum absolute atomic E-state index is 5.85. The minimum Gasteiger partial charge on any atom is -0.374 e. The summed E-state index contributed by atoms with van der Waals surface area (Å²) in [6, 6.07) is 0.811. The Bertz CT molecular complexity index is 307. The number of ether oxygens (including phenoxy) is 1. The monoisotopic (exact) mass is 254 g/mol. The zero-order valence-corrected chi connectivity index (χ0v) is 11.8. The van der Waals surface area contributed by atoms with Gasteiger partial charge in [-0.05, 0) is 33.6 Å². The van der Waals surface area contributed by atoms with E-state index in [-0.39, 0.29) is 11.6 Å². The fourth-order valence-electron chi connectivity index (χ4n) is 2.25. The molecule has 1 aliphatic heterocycles. The highest BCUT2D eigenvalue weighted by Crippen LogP contribution is 2.28. The molecule has 3 N–H and O–H groups in total. The van der Waals surface area contributed by atoms with E-state index in [1.165, 1.54) is 12.8 Å². The van der Waals surface area contributed by atoms with Crippen molar-refractivity contribution in [1.29, 1.82) is 0 Å². The summed E-state index contributed by atoms with van der Waals surface area (Å²) in [5.74, 6) is 0.509. The highest BCUT2D eigenvalue weighted by atomic mass is 16.5. The second kappa shape index (κ2) is 5.45. The first kappa shape index (κ1) is 13.6. The molecule has 2 aliphatic rings. The van der Waals surface area contributed by atoms with Gasteiger partial charge in [-0.1, -0.05) is 0 Å². The van der Waals surface area contributed by atoms with E-state index in [2.05, 4.69) is 36.0 Å². The molecule has 0 amide bonds. The number of nitrogens with zero attached hydrogens (tertiary/aromatic N) is 2. The van der Waals surface area contributed by atoms with Gasteiger partial charge in [-0.15, -0.1) is 0 Å². The molecule has 0 aromatic heterocycles. The molecular formula is C13H26N4O. The fraction of sp³-hybridized carbons (Fsp3) is 0.923. The Labute approximate surface area is 110 Å². The smallest absolute Gasteiger partial charge is 0.189 e. The average Bonchev–Trinajstić information content (AvgIpc) is 3.08. The molecule has 2 fully saturated rings. The summed E-state index contributed by atoms with van der Waals surface area (Å²) in [5.41, 5.74) is 5.81. The van der Waals surface area contributed by atoms with Crippen LogP contribution in [0.3, 0.4) is 0 Å². The van der Waals surface area contributed by atoms with Crippen molar-refractivity contribution >= 4 is 5.96 Å². The van der Waals surface area contributed by atoms with Crippen LogP contribution in [0.5, 0.6) is 0 Å². The number of guanidine groups is 1. The minimum atomic E-state index is -0.0406. The summed E-state index contributed by atoms with van der Waals surface area (Å²) in [7, 11) is 0. The number of nitrogens with one attached hydrogen (secondary N) is 1. The maximum Gasteiger partial charge on any atom is 0.189 e. The molecule has 104 valence electrons. The van der Waals surface area contributed by atoms with Gasteiger partial charge in [0.15, 0.2) is 5.96 Å². The van der Waals surface area contributed by atoms with E-state index in [0.29, 0.717) is 12.5 Å². The quantitative estimate of drug-likeness (QED) is 0.570. The zero-order valence-electron chi connectivity index (χ0n) is 11.8. The van der Waals surface area contributed by atoms with Gasteiger partial charge >= 0.3 is 0 Å². The molecule has 0 bridgehead atoms. The molecule has 1 saturated heterocycles. The Morgan fingerprint density at radius 1 is 1.44 bits per heavy atom. The van der Waals surface area contributed by atoms with Crippen LogP contribution < -0.4 is 11.1 Å². The molecular weight excluding hydrogens is 228 g/mol. The van der Waals surface area contributed by atoms with Crippen molar-refractivity contribution in [2.75, 3.05) is 26.2 Å². The highest BCUT2D eigenvalue weighted by molar-refractivity contribution is 5.78. The van der Waals surface area contributed by atoms with E-state index in [1.807, 2.05) is 0 Å². The summed E-state index contributed by atoms with van der Waals surface area (Å²) in [6.07, 6.45) is 2.90. The van der Waals surface area contributed by atoms with Crippen LogP contribution in [0.2, 0.25) is 0 Å². The zero-order chi connectivity index (χ0) is 13.2. The second-order valence-corrected chi connectivity index (χ2v) is 6.32. The van der Waals surface area contributed by atoms with Gasteiger partial charge in [0.1, 0.15) is 0 Å². The highest BCUT2D eigenvalue weighted by Gasteiger charge is 2.32. The van der Waals surface area contributed by atoms with Crippen LogP contribution in [0.1, 0.15) is 33.6 Å². The van der Waals surface area contributed by atoms with Crippen LogP contribution in [0.4, 0.5) is 0 Å². The van der Waals surface area contributed by atoms with Crippen molar-refractivity contribution in [2.45, 2.75) is 51.3 Å². The second-order valence-electron chi connectivity index (χ2n) is 6.32. The van der Waals surface area contributed by atoms with Crippen LogP contribution in [-0.2, 0) is 4.74 Å². The first-order valence-electron chi connectivity index (χ1n) is 6.88. The van der Waals surface area contributed by atoms with E-state index in [0.717, 1.165) is 25.7 Å². The molecule has 2 rings (SSSR count). The van der Waals surface area contributed by atoms with Gasteiger partial charge < -0.3 is 15.8 Å². The Morgan fingerprint density at radius 2 is 2.17 bits per heavy atom. The molecule has 1 atom stereocenters. The van der Waals surface area contributed by atoms with Gasteiger partial charge in [0.2, 0.25) is 0 Å². The van der Waals surface area contributed by atoms with Crippen molar-refractivity contribution < 1.29 is 4.74 Å². The lowest BCUT2D eigenvalue weighted by Gasteiger charge is -2.32. The van der Waals surface area contributed by atoms with Crippen molar-refractivity contribution in [3.8, 4) is 0 Å². The van der Waals surface area contributed by atoms with Crippen molar-refractivity contribution in [1.82, 2.24) is 10.2 Å². The van der Waals surface area contributed by atoms with Crippen LogP contribution in [-0.4, -0.2) is 54.8 Å². The molecule has 1 heterocycles. The van der Waals surface area contributed by atoms with E-state index >= 15 is 0 Å². The number of nitrogens with two attached hydrogens (primary N) is 1. The third-order valence-corrected chi connectivity index (χ3v) is 3.20. The molecule has 0 spiro atoms. The van der Waals surface area contributed by atoms with Gasteiger partial charge in [-0.2, -0.15) is 0 Å². The number of aliphatic imine (C=N–C) groups is 1. The Morgan fingerprint density at radius 3 is 2.78 bits per heavy atom.